The second kappa shape index (κ2) is 7.00. The molecule has 1 fully saturated rings. The van der Waals surface area contributed by atoms with E-state index in [1.54, 1.807) is 7.11 Å². The summed E-state index contributed by atoms with van der Waals surface area (Å²) in [5.74, 6) is 2.18. The summed E-state index contributed by atoms with van der Waals surface area (Å²) >= 11 is 0. The van der Waals surface area contributed by atoms with Crippen LogP contribution < -0.4 is 15.0 Å². The molecule has 2 aromatic carbocycles. The molecule has 5 nitrogen and oxygen atoms in total. The van der Waals surface area contributed by atoms with Crippen molar-refractivity contribution < 1.29 is 4.74 Å². The average Bonchev–Trinajstić information content (AvgIpc) is 3.25. The molecule has 0 spiro atoms. The molecule has 0 radical (unpaired) electrons. The minimum Gasteiger partial charge on any atom is -0.496 e. The Morgan fingerprint density at radius 2 is 2.08 bits per heavy atom. The summed E-state index contributed by atoms with van der Waals surface area (Å²) < 4.78 is 7.70. The molecular formula is C21H26N4O. The number of hydrogen-bond acceptors (Lipinski definition) is 4. The van der Waals surface area contributed by atoms with Crippen molar-refractivity contribution in [2.45, 2.75) is 25.9 Å². The van der Waals surface area contributed by atoms with E-state index in [-0.39, 0.29) is 0 Å². The molecule has 1 aromatic heterocycles. The molecule has 0 aliphatic carbocycles. The highest BCUT2D eigenvalue weighted by molar-refractivity contribution is 5.89. The third kappa shape index (κ3) is 3.15. The summed E-state index contributed by atoms with van der Waals surface area (Å²) in [6.07, 6.45) is 1.14. The first-order valence-electron chi connectivity index (χ1n) is 9.19. The normalized spacial score (nSPS) is 17.2. The Balaban J connectivity index is 1.45. The van der Waals surface area contributed by atoms with E-state index in [1.165, 1.54) is 22.2 Å². The van der Waals surface area contributed by atoms with Crippen LogP contribution in [0.4, 0.5) is 5.82 Å². The van der Waals surface area contributed by atoms with Crippen LogP contribution in [0.1, 0.15) is 17.7 Å². The lowest BCUT2D eigenvalue weighted by Crippen LogP contribution is -2.32. The van der Waals surface area contributed by atoms with E-state index in [0.29, 0.717) is 6.04 Å². The molecule has 1 saturated heterocycles. The van der Waals surface area contributed by atoms with E-state index in [0.717, 1.165) is 37.5 Å². The summed E-state index contributed by atoms with van der Waals surface area (Å²) in [5.41, 5.74) is 2.28. The van der Waals surface area contributed by atoms with Gasteiger partial charge >= 0.3 is 0 Å². The highest BCUT2D eigenvalue weighted by atomic mass is 16.5. The van der Waals surface area contributed by atoms with Crippen molar-refractivity contribution in [1.82, 2.24) is 15.1 Å². The molecule has 1 unspecified atom stereocenters. The van der Waals surface area contributed by atoms with Crippen LogP contribution in [0.3, 0.4) is 0 Å². The molecule has 3 aromatic rings. The Morgan fingerprint density at radius 3 is 2.85 bits per heavy atom. The first-order valence-corrected chi connectivity index (χ1v) is 9.19. The monoisotopic (exact) mass is 350 g/mol. The Morgan fingerprint density at radius 1 is 1.23 bits per heavy atom. The molecule has 136 valence electrons. The third-order valence-electron chi connectivity index (χ3n) is 5.24. The minimum absolute atomic E-state index is 0.474. The second-order valence-electron chi connectivity index (χ2n) is 7.06. The van der Waals surface area contributed by atoms with Gasteiger partial charge in [-0.25, -0.2) is 0 Å². The molecular weight excluding hydrogens is 324 g/mol. The Bertz CT molecular complexity index is 918. The molecule has 4 rings (SSSR count). The predicted octanol–water partition coefficient (Wildman–Crippen LogP) is 3.26. The molecule has 1 aliphatic heterocycles. The van der Waals surface area contributed by atoms with Gasteiger partial charge in [0.1, 0.15) is 11.6 Å². The van der Waals surface area contributed by atoms with Gasteiger partial charge in [-0.1, -0.05) is 36.4 Å². The maximum atomic E-state index is 5.72. The molecule has 1 atom stereocenters. The lowest BCUT2D eigenvalue weighted by molar-refractivity contribution is 0.411. The fourth-order valence-electron chi connectivity index (χ4n) is 3.95. The van der Waals surface area contributed by atoms with E-state index in [9.17, 15) is 0 Å². The van der Waals surface area contributed by atoms with Crippen molar-refractivity contribution in [2.24, 2.45) is 7.05 Å². The van der Waals surface area contributed by atoms with Gasteiger partial charge in [-0.2, -0.15) is 5.10 Å². The predicted molar refractivity (Wildman–Crippen MR) is 106 cm³/mol. The van der Waals surface area contributed by atoms with E-state index in [1.807, 2.05) is 18.7 Å². The summed E-state index contributed by atoms with van der Waals surface area (Å²) in [5, 5.41) is 10.6. The molecule has 1 aliphatic rings. The van der Waals surface area contributed by atoms with Crippen molar-refractivity contribution >= 4 is 16.6 Å². The number of hydrogen-bond donors (Lipinski definition) is 1. The van der Waals surface area contributed by atoms with E-state index < -0.39 is 0 Å². The second-order valence-corrected chi connectivity index (χ2v) is 7.06. The zero-order valence-corrected chi connectivity index (χ0v) is 15.7. The molecule has 5 heteroatoms. The summed E-state index contributed by atoms with van der Waals surface area (Å²) in [6.45, 7) is 4.93. The van der Waals surface area contributed by atoms with Crippen LogP contribution >= 0.6 is 0 Å². The third-order valence-corrected chi connectivity index (χ3v) is 5.24. The first-order chi connectivity index (χ1) is 12.7. The van der Waals surface area contributed by atoms with Gasteiger partial charge < -0.3 is 15.0 Å². The van der Waals surface area contributed by atoms with Gasteiger partial charge in [0, 0.05) is 49.7 Å². The fraction of sp³-hybridized carbons (Fsp3) is 0.381. The number of methoxy groups -OCH3 is 1. The number of aromatic nitrogens is 2. The molecule has 1 N–H and O–H groups in total. The zero-order chi connectivity index (χ0) is 18.1. The van der Waals surface area contributed by atoms with E-state index >= 15 is 0 Å². The number of nitrogens with zero attached hydrogens (tertiary/aromatic N) is 3. The van der Waals surface area contributed by atoms with Crippen molar-refractivity contribution in [3.05, 3.63) is 53.7 Å². The van der Waals surface area contributed by atoms with Crippen LogP contribution in [0.15, 0.2) is 42.5 Å². The number of benzene rings is 2. The van der Waals surface area contributed by atoms with Crippen LogP contribution in [0.2, 0.25) is 0 Å². The Labute approximate surface area is 154 Å². The summed E-state index contributed by atoms with van der Waals surface area (Å²) in [4.78, 5) is 2.41. The van der Waals surface area contributed by atoms with Crippen LogP contribution in [-0.4, -0.2) is 36.0 Å². The standard InChI is InChI=1S/C21H26N4O/c1-15-12-20(24(2)23-15)25-11-10-18(14-25)22-13-17-9-8-16-6-4-5-7-19(16)21(17)26-3/h4-9,12,18,22H,10-11,13-14H2,1-3H3. The zero-order valence-electron chi connectivity index (χ0n) is 15.7. The van der Waals surface area contributed by atoms with Crippen molar-refractivity contribution in [3.63, 3.8) is 0 Å². The fourth-order valence-corrected chi connectivity index (χ4v) is 3.95. The van der Waals surface area contributed by atoms with Gasteiger partial charge in [0.15, 0.2) is 0 Å². The van der Waals surface area contributed by atoms with Gasteiger partial charge in [0.05, 0.1) is 12.8 Å². The van der Waals surface area contributed by atoms with E-state index in [2.05, 4.69) is 57.8 Å². The number of ether oxygens (including phenoxy) is 1. The SMILES string of the molecule is COc1c(CNC2CCN(c3cc(C)nn3C)C2)ccc2ccccc12. The summed E-state index contributed by atoms with van der Waals surface area (Å²) in [7, 11) is 3.77. The van der Waals surface area contributed by atoms with Crippen molar-refractivity contribution in [1.29, 1.82) is 0 Å². The highest BCUT2D eigenvalue weighted by Gasteiger charge is 2.24. The molecule has 0 amide bonds. The van der Waals surface area contributed by atoms with Crippen molar-refractivity contribution in [2.75, 3.05) is 25.1 Å². The van der Waals surface area contributed by atoms with Crippen LogP contribution in [0.5, 0.6) is 5.75 Å². The van der Waals surface area contributed by atoms with Gasteiger partial charge in [-0.15, -0.1) is 0 Å². The number of fused-ring (bicyclic) bond motifs is 1. The largest absolute Gasteiger partial charge is 0.496 e. The number of nitrogens with one attached hydrogen (secondary N) is 1. The number of anilines is 1. The quantitative estimate of drug-likeness (QED) is 0.767. The molecule has 26 heavy (non-hydrogen) atoms. The molecule has 2 heterocycles. The van der Waals surface area contributed by atoms with Gasteiger partial charge in [0.2, 0.25) is 0 Å². The Kier molecular flexibility index (Phi) is 4.55. The lowest BCUT2D eigenvalue weighted by Gasteiger charge is -2.19. The average molecular weight is 350 g/mol. The number of aryl methyl sites for hydroxylation is 2. The molecule has 0 bridgehead atoms. The lowest BCUT2D eigenvalue weighted by atomic mass is 10.0. The Hall–Kier alpha value is -2.53. The van der Waals surface area contributed by atoms with Crippen LogP contribution in [0, 0.1) is 6.92 Å². The van der Waals surface area contributed by atoms with Gasteiger partial charge in [0.25, 0.3) is 0 Å². The maximum absolute atomic E-state index is 5.72. The van der Waals surface area contributed by atoms with Gasteiger partial charge in [-0.05, 0) is 18.7 Å². The first kappa shape index (κ1) is 16.9. The topological polar surface area (TPSA) is 42.3 Å². The smallest absolute Gasteiger partial charge is 0.131 e. The number of rotatable bonds is 5. The van der Waals surface area contributed by atoms with Crippen LogP contribution in [0.25, 0.3) is 10.8 Å². The highest BCUT2D eigenvalue weighted by Crippen LogP contribution is 2.30. The molecule has 0 saturated carbocycles. The van der Waals surface area contributed by atoms with E-state index in [4.69, 9.17) is 4.74 Å². The van der Waals surface area contributed by atoms with Gasteiger partial charge in [-0.3, -0.25) is 4.68 Å². The van der Waals surface area contributed by atoms with Crippen molar-refractivity contribution in [3.8, 4) is 5.75 Å². The minimum atomic E-state index is 0.474. The summed E-state index contributed by atoms with van der Waals surface area (Å²) in [6, 6.07) is 15.4. The van der Waals surface area contributed by atoms with Crippen LogP contribution in [-0.2, 0) is 13.6 Å². The maximum Gasteiger partial charge on any atom is 0.131 e.